The first-order valence-electron chi connectivity index (χ1n) is 5.43. The van der Waals surface area contributed by atoms with Crippen LogP contribution < -0.4 is 0 Å². The van der Waals surface area contributed by atoms with Crippen LogP contribution in [0.15, 0.2) is 22.8 Å². The molecule has 0 spiro atoms. The molecule has 1 saturated heterocycles. The molecular formula is C11H16O6. The minimum absolute atomic E-state index is 0.129. The maximum atomic E-state index is 9.66. The van der Waals surface area contributed by atoms with Gasteiger partial charge in [0.25, 0.3) is 0 Å². The Balaban J connectivity index is 1.92. The summed E-state index contributed by atoms with van der Waals surface area (Å²) in [5, 5.41) is 28.7. The van der Waals surface area contributed by atoms with E-state index in [2.05, 4.69) is 0 Å². The van der Waals surface area contributed by atoms with E-state index in [1.165, 1.54) is 6.26 Å². The van der Waals surface area contributed by atoms with Crippen molar-refractivity contribution in [1.82, 2.24) is 0 Å². The Morgan fingerprint density at radius 1 is 1.24 bits per heavy atom. The van der Waals surface area contributed by atoms with Gasteiger partial charge in [-0.05, 0) is 19.1 Å². The van der Waals surface area contributed by atoms with Gasteiger partial charge in [0.15, 0.2) is 6.29 Å². The van der Waals surface area contributed by atoms with Crippen molar-refractivity contribution in [3.63, 3.8) is 0 Å². The molecule has 1 aliphatic rings. The predicted molar refractivity (Wildman–Crippen MR) is 55.9 cm³/mol. The minimum Gasteiger partial charge on any atom is -0.467 e. The molecule has 5 atom stereocenters. The summed E-state index contributed by atoms with van der Waals surface area (Å²) in [5.74, 6) is 0.592. The third-order valence-electron chi connectivity index (χ3n) is 2.78. The zero-order valence-corrected chi connectivity index (χ0v) is 9.39. The second kappa shape index (κ2) is 5.16. The maximum absolute atomic E-state index is 9.66. The Morgan fingerprint density at radius 3 is 2.65 bits per heavy atom. The average molecular weight is 244 g/mol. The smallest absolute Gasteiger partial charge is 0.187 e. The molecule has 0 saturated carbocycles. The lowest BCUT2D eigenvalue weighted by Crippen LogP contribution is -2.57. The maximum Gasteiger partial charge on any atom is 0.187 e. The van der Waals surface area contributed by atoms with E-state index in [-0.39, 0.29) is 6.61 Å². The number of hydrogen-bond donors (Lipinski definition) is 3. The number of rotatable bonds is 3. The van der Waals surface area contributed by atoms with Gasteiger partial charge in [-0.1, -0.05) is 0 Å². The summed E-state index contributed by atoms with van der Waals surface area (Å²) in [4.78, 5) is 0. The Morgan fingerprint density at radius 2 is 2.00 bits per heavy atom. The molecule has 0 radical (unpaired) electrons. The Hall–Kier alpha value is -0.920. The third kappa shape index (κ3) is 2.67. The highest BCUT2D eigenvalue weighted by molar-refractivity contribution is 4.96. The summed E-state index contributed by atoms with van der Waals surface area (Å²) in [6, 6.07) is 3.45. The molecule has 2 heterocycles. The highest BCUT2D eigenvalue weighted by Crippen LogP contribution is 2.22. The van der Waals surface area contributed by atoms with Crippen molar-refractivity contribution in [3.8, 4) is 0 Å². The number of ether oxygens (including phenoxy) is 2. The topological polar surface area (TPSA) is 92.3 Å². The molecule has 96 valence electrons. The Bertz CT molecular complexity index is 338. The van der Waals surface area contributed by atoms with Crippen LogP contribution in [0.2, 0.25) is 0 Å². The highest BCUT2D eigenvalue weighted by atomic mass is 16.7. The normalized spacial score (nSPS) is 38.2. The number of hydrogen-bond acceptors (Lipinski definition) is 6. The van der Waals surface area contributed by atoms with Crippen LogP contribution in [0.4, 0.5) is 0 Å². The summed E-state index contributed by atoms with van der Waals surface area (Å²) in [6.45, 7) is 1.73. The molecule has 0 bridgehead atoms. The summed E-state index contributed by atoms with van der Waals surface area (Å²) in [6.07, 6.45) is -3.74. The third-order valence-corrected chi connectivity index (χ3v) is 2.78. The summed E-state index contributed by atoms with van der Waals surface area (Å²) >= 11 is 0. The van der Waals surface area contributed by atoms with Gasteiger partial charge in [-0.3, -0.25) is 0 Å². The Labute approximate surface area is 98.4 Å². The molecule has 1 aliphatic heterocycles. The van der Waals surface area contributed by atoms with Crippen LogP contribution in [0.1, 0.15) is 12.7 Å². The second-order valence-electron chi connectivity index (χ2n) is 4.07. The van der Waals surface area contributed by atoms with Gasteiger partial charge in [-0.15, -0.1) is 0 Å². The minimum atomic E-state index is -1.28. The van der Waals surface area contributed by atoms with E-state index < -0.39 is 30.7 Å². The molecule has 17 heavy (non-hydrogen) atoms. The molecule has 6 heteroatoms. The van der Waals surface area contributed by atoms with Crippen LogP contribution in [0.3, 0.4) is 0 Å². The monoisotopic (exact) mass is 244 g/mol. The van der Waals surface area contributed by atoms with Crippen LogP contribution >= 0.6 is 0 Å². The zero-order valence-electron chi connectivity index (χ0n) is 9.39. The highest BCUT2D eigenvalue weighted by Gasteiger charge is 2.42. The summed E-state index contributed by atoms with van der Waals surface area (Å²) in [5.41, 5.74) is 0. The SMILES string of the molecule is C[C@H]1O[C@@H](OCc2ccco2)[C@H](O)[C@@H](O)[C@H]1O. The fraction of sp³-hybridized carbons (Fsp3) is 0.636. The van der Waals surface area contributed by atoms with E-state index >= 15 is 0 Å². The molecule has 0 aromatic carbocycles. The molecule has 6 nitrogen and oxygen atoms in total. The molecule has 3 N–H and O–H groups in total. The molecule has 1 aromatic heterocycles. The zero-order chi connectivity index (χ0) is 12.4. The first kappa shape index (κ1) is 12.5. The molecule has 0 aliphatic carbocycles. The largest absolute Gasteiger partial charge is 0.467 e. The van der Waals surface area contributed by atoms with Crippen molar-refractivity contribution < 1.29 is 29.2 Å². The van der Waals surface area contributed by atoms with Crippen LogP contribution in [-0.2, 0) is 16.1 Å². The average Bonchev–Trinajstić information content (AvgIpc) is 2.82. The van der Waals surface area contributed by atoms with E-state index in [0.717, 1.165) is 0 Å². The number of aliphatic hydroxyl groups excluding tert-OH is 3. The summed E-state index contributed by atoms with van der Waals surface area (Å²) in [7, 11) is 0. The van der Waals surface area contributed by atoms with Gasteiger partial charge in [0.1, 0.15) is 30.7 Å². The van der Waals surface area contributed by atoms with Crippen molar-refractivity contribution in [2.24, 2.45) is 0 Å². The van der Waals surface area contributed by atoms with E-state index in [1.54, 1.807) is 19.1 Å². The van der Waals surface area contributed by atoms with Crippen molar-refractivity contribution in [1.29, 1.82) is 0 Å². The van der Waals surface area contributed by atoms with Gasteiger partial charge in [0.05, 0.1) is 12.4 Å². The van der Waals surface area contributed by atoms with Crippen LogP contribution in [0.5, 0.6) is 0 Å². The molecule has 0 amide bonds. The fourth-order valence-electron chi connectivity index (χ4n) is 1.71. The predicted octanol–water partition coefficient (Wildman–Crippen LogP) is -0.376. The van der Waals surface area contributed by atoms with Crippen molar-refractivity contribution >= 4 is 0 Å². The van der Waals surface area contributed by atoms with Crippen LogP contribution in [0.25, 0.3) is 0 Å². The molecule has 2 rings (SSSR count). The van der Waals surface area contributed by atoms with E-state index in [0.29, 0.717) is 5.76 Å². The van der Waals surface area contributed by atoms with Crippen LogP contribution in [0, 0.1) is 0 Å². The fourth-order valence-corrected chi connectivity index (χ4v) is 1.71. The van der Waals surface area contributed by atoms with E-state index in [1.807, 2.05) is 0 Å². The summed E-state index contributed by atoms with van der Waals surface area (Å²) < 4.78 is 15.6. The number of furan rings is 1. The molecular weight excluding hydrogens is 228 g/mol. The standard InChI is InChI=1S/C11H16O6/c1-6-8(12)9(13)10(14)11(17-6)16-5-7-3-2-4-15-7/h2-4,6,8-14H,5H2,1H3/t6-,8+,9+,10-,11-/m1/s1. The molecule has 1 fully saturated rings. The first-order chi connectivity index (χ1) is 8.09. The lowest BCUT2D eigenvalue weighted by Gasteiger charge is -2.38. The lowest BCUT2D eigenvalue weighted by atomic mass is 10.0. The number of aliphatic hydroxyl groups is 3. The van der Waals surface area contributed by atoms with Gasteiger partial charge in [0, 0.05) is 0 Å². The second-order valence-corrected chi connectivity index (χ2v) is 4.07. The van der Waals surface area contributed by atoms with E-state index in [9.17, 15) is 15.3 Å². The quantitative estimate of drug-likeness (QED) is 0.671. The van der Waals surface area contributed by atoms with Gasteiger partial charge >= 0.3 is 0 Å². The molecule has 1 aromatic rings. The van der Waals surface area contributed by atoms with Crippen LogP contribution in [-0.4, -0.2) is 46.0 Å². The molecule has 0 unspecified atom stereocenters. The van der Waals surface area contributed by atoms with Crippen molar-refractivity contribution in [2.75, 3.05) is 0 Å². The van der Waals surface area contributed by atoms with Gasteiger partial charge < -0.3 is 29.2 Å². The first-order valence-corrected chi connectivity index (χ1v) is 5.43. The lowest BCUT2D eigenvalue weighted by molar-refractivity contribution is -0.297. The van der Waals surface area contributed by atoms with E-state index in [4.69, 9.17) is 13.9 Å². The van der Waals surface area contributed by atoms with Crippen molar-refractivity contribution in [2.45, 2.75) is 44.2 Å². The Kier molecular flexibility index (Phi) is 3.80. The van der Waals surface area contributed by atoms with Gasteiger partial charge in [-0.25, -0.2) is 0 Å². The van der Waals surface area contributed by atoms with Gasteiger partial charge in [-0.2, -0.15) is 0 Å². The van der Waals surface area contributed by atoms with Gasteiger partial charge in [0.2, 0.25) is 0 Å². The van der Waals surface area contributed by atoms with Crippen molar-refractivity contribution in [3.05, 3.63) is 24.2 Å².